The molecule has 3 N–H and O–H groups in total. The van der Waals surface area contributed by atoms with E-state index in [1.54, 1.807) is 0 Å². The first-order chi connectivity index (χ1) is 9.25. The predicted octanol–water partition coefficient (Wildman–Crippen LogP) is 0.215. The van der Waals surface area contributed by atoms with Crippen molar-refractivity contribution in [2.45, 2.75) is 18.6 Å². The average Bonchev–Trinajstić information content (AvgIpc) is 2.47. The lowest BCUT2D eigenvalue weighted by Gasteiger charge is -2.23. The van der Waals surface area contributed by atoms with Crippen molar-refractivity contribution in [3.63, 3.8) is 0 Å². The molecule has 5 heteroatoms. The number of nitrogens with one attached hydrogen (secondary N) is 2. The second-order valence-corrected chi connectivity index (χ2v) is 4.66. The second kappa shape index (κ2) is 7.23. The summed E-state index contributed by atoms with van der Waals surface area (Å²) in [6.07, 6.45) is -0.290. The first-order valence-electron chi connectivity index (χ1n) is 6.56. The Bertz CT molecular complexity index is 391. The van der Waals surface area contributed by atoms with Gasteiger partial charge in [-0.15, -0.1) is 0 Å². The van der Waals surface area contributed by atoms with E-state index in [9.17, 15) is 9.90 Å². The van der Waals surface area contributed by atoms with Crippen molar-refractivity contribution < 1.29 is 14.6 Å². The molecule has 1 amide bonds. The standard InChI is InChI=1S/C14H20N2O3/c17-13(11-4-2-1-3-5-11)9-16-14(18)8-12-10-19-7-6-15-12/h1-5,12-13,15,17H,6-10H2,(H,16,18). The molecule has 0 aliphatic carbocycles. The molecule has 2 rings (SSSR count). The van der Waals surface area contributed by atoms with Crippen molar-refractivity contribution in [1.29, 1.82) is 0 Å². The van der Waals surface area contributed by atoms with Gasteiger partial charge in [0.05, 0.1) is 19.3 Å². The Morgan fingerprint density at radius 1 is 1.47 bits per heavy atom. The van der Waals surface area contributed by atoms with Crippen LogP contribution in [0.1, 0.15) is 18.1 Å². The van der Waals surface area contributed by atoms with E-state index < -0.39 is 6.10 Å². The minimum Gasteiger partial charge on any atom is -0.387 e. The van der Waals surface area contributed by atoms with Crippen molar-refractivity contribution in [1.82, 2.24) is 10.6 Å². The van der Waals surface area contributed by atoms with Gasteiger partial charge in [0.25, 0.3) is 0 Å². The summed E-state index contributed by atoms with van der Waals surface area (Å²) in [7, 11) is 0. The Balaban J connectivity index is 1.71. The number of aliphatic hydroxyl groups is 1. The van der Waals surface area contributed by atoms with Crippen LogP contribution in [0.3, 0.4) is 0 Å². The Morgan fingerprint density at radius 3 is 2.95 bits per heavy atom. The van der Waals surface area contributed by atoms with Crippen LogP contribution in [0.2, 0.25) is 0 Å². The van der Waals surface area contributed by atoms with Crippen LogP contribution in [0.4, 0.5) is 0 Å². The number of morpholine rings is 1. The van der Waals surface area contributed by atoms with Gasteiger partial charge < -0.3 is 20.5 Å². The number of benzene rings is 1. The second-order valence-electron chi connectivity index (χ2n) is 4.66. The number of ether oxygens (including phenoxy) is 1. The summed E-state index contributed by atoms with van der Waals surface area (Å²) in [5.41, 5.74) is 0.807. The molecule has 1 aromatic rings. The SMILES string of the molecule is O=C(CC1COCCN1)NCC(O)c1ccccc1. The molecule has 0 aromatic heterocycles. The average molecular weight is 264 g/mol. The van der Waals surface area contributed by atoms with Crippen LogP contribution in [-0.4, -0.2) is 43.4 Å². The first kappa shape index (κ1) is 14.0. The van der Waals surface area contributed by atoms with Gasteiger partial charge in [-0.2, -0.15) is 0 Å². The fourth-order valence-electron chi connectivity index (χ4n) is 2.05. The van der Waals surface area contributed by atoms with Crippen molar-refractivity contribution in [2.75, 3.05) is 26.3 Å². The highest BCUT2D eigenvalue weighted by atomic mass is 16.5. The molecule has 0 spiro atoms. The molecule has 2 unspecified atom stereocenters. The molecule has 1 heterocycles. The van der Waals surface area contributed by atoms with Gasteiger partial charge in [0.1, 0.15) is 0 Å². The summed E-state index contributed by atoms with van der Waals surface area (Å²) in [6.45, 7) is 2.28. The number of carbonyl (C=O) groups excluding carboxylic acids is 1. The van der Waals surface area contributed by atoms with Gasteiger partial charge >= 0.3 is 0 Å². The van der Waals surface area contributed by atoms with Crippen molar-refractivity contribution >= 4 is 5.91 Å². The lowest BCUT2D eigenvalue weighted by atomic mass is 10.1. The zero-order chi connectivity index (χ0) is 13.5. The van der Waals surface area contributed by atoms with Crippen molar-refractivity contribution in [3.8, 4) is 0 Å². The van der Waals surface area contributed by atoms with Crippen LogP contribution in [0.15, 0.2) is 30.3 Å². The number of hydrogen-bond acceptors (Lipinski definition) is 4. The zero-order valence-electron chi connectivity index (χ0n) is 10.8. The number of amides is 1. The Kier molecular flexibility index (Phi) is 5.32. The lowest BCUT2D eigenvalue weighted by Crippen LogP contribution is -2.44. The molecule has 2 atom stereocenters. The Labute approximate surface area is 113 Å². The lowest BCUT2D eigenvalue weighted by molar-refractivity contribution is -0.122. The largest absolute Gasteiger partial charge is 0.387 e. The molecule has 1 aliphatic rings. The van der Waals surface area contributed by atoms with E-state index in [2.05, 4.69) is 10.6 Å². The van der Waals surface area contributed by atoms with Gasteiger partial charge in [-0.25, -0.2) is 0 Å². The van der Waals surface area contributed by atoms with Crippen LogP contribution in [0, 0.1) is 0 Å². The highest BCUT2D eigenvalue weighted by Crippen LogP contribution is 2.10. The molecule has 0 bridgehead atoms. The van der Waals surface area contributed by atoms with Gasteiger partial charge in [-0.3, -0.25) is 4.79 Å². The monoisotopic (exact) mass is 264 g/mol. The molecule has 1 saturated heterocycles. The molecular formula is C14H20N2O3. The molecule has 5 nitrogen and oxygen atoms in total. The summed E-state index contributed by atoms with van der Waals surface area (Å²) in [6, 6.07) is 9.38. The normalized spacial score (nSPS) is 20.8. The minimum absolute atomic E-state index is 0.0713. The maximum atomic E-state index is 11.7. The third-order valence-corrected chi connectivity index (χ3v) is 3.11. The molecule has 1 aliphatic heterocycles. The molecule has 1 fully saturated rings. The quantitative estimate of drug-likeness (QED) is 0.711. The number of aliphatic hydroxyl groups excluding tert-OH is 1. The fourth-order valence-corrected chi connectivity index (χ4v) is 2.05. The topological polar surface area (TPSA) is 70.6 Å². The predicted molar refractivity (Wildman–Crippen MR) is 71.6 cm³/mol. The van der Waals surface area contributed by atoms with Gasteiger partial charge in [0.2, 0.25) is 5.91 Å². The summed E-state index contributed by atoms with van der Waals surface area (Å²) in [4.78, 5) is 11.7. The summed E-state index contributed by atoms with van der Waals surface area (Å²) >= 11 is 0. The zero-order valence-corrected chi connectivity index (χ0v) is 10.8. The van der Waals surface area contributed by atoms with E-state index in [0.717, 1.165) is 12.1 Å². The van der Waals surface area contributed by atoms with Gasteiger partial charge in [-0.1, -0.05) is 30.3 Å². The molecule has 104 valence electrons. The van der Waals surface area contributed by atoms with Crippen LogP contribution in [0.25, 0.3) is 0 Å². The molecule has 0 radical (unpaired) electrons. The first-order valence-corrected chi connectivity index (χ1v) is 6.56. The smallest absolute Gasteiger partial charge is 0.221 e. The van der Waals surface area contributed by atoms with Crippen molar-refractivity contribution in [3.05, 3.63) is 35.9 Å². The summed E-state index contributed by atoms with van der Waals surface area (Å²) in [5.74, 6) is -0.0713. The van der Waals surface area contributed by atoms with Crippen LogP contribution in [0.5, 0.6) is 0 Å². The summed E-state index contributed by atoms with van der Waals surface area (Å²) < 4.78 is 5.29. The Morgan fingerprint density at radius 2 is 2.26 bits per heavy atom. The fraction of sp³-hybridized carbons (Fsp3) is 0.500. The third-order valence-electron chi connectivity index (χ3n) is 3.11. The number of carbonyl (C=O) groups is 1. The van der Waals surface area contributed by atoms with Crippen molar-refractivity contribution in [2.24, 2.45) is 0 Å². The van der Waals surface area contributed by atoms with E-state index in [0.29, 0.717) is 19.6 Å². The van der Waals surface area contributed by atoms with Crippen LogP contribution < -0.4 is 10.6 Å². The third kappa shape index (κ3) is 4.63. The van der Waals surface area contributed by atoms with E-state index in [1.165, 1.54) is 0 Å². The van der Waals surface area contributed by atoms with E-state index >= 15 is 0 Å². The number of hydrogen-bond donors (Lipinski definition) is 3. The maximum absolute atomic E-state index is 11.7. The van der Waals surface area contributed by atoms with E-state index in [-0.39, 0.29) is 18.5 Å². The van der Waals surface area contributed by atoms with Crippen LogP contribution >= 0.6 is 0 Å². The van der Waals surface area contributed by atoms with Crippen LogP contribution in [-0.2, 0) is 9.53 Å². The van der Waals surface area contributed by atoms with Gasteiger partial charge in [0, 0.05) is 25.6 Å². The minimum atomic E-state index is -0.666. The maximum Gasteiger partial charge on any atom is 0.221 e. The van der Waals surface area contributed by atoms with Gasteiger partial charge in [-0.05, 0) is 5.56 Å². The summed E-state index contributed by atoms with van der Waals surface area (Å²) in [5, 5.41) is 15.9. The van der Waals surface area contributed by atoms with E-state index in [1.807, 2.05) is 30.3 Å². The highest BCUT2D eigenvalue weighted by molar-refractivity contribution is 5.76. The molecule has 19 heavy (non-hydrogen) atoms. The molecule has 0 saturated carbocycles. The van der Waals surface area contributed by atoms with Gasteiger partial charge in [0.15, 0.2) is 0 Å². The molecule has 1 aromatic carbocycles. The highest BCUT2D eigenvalue weighted by Gasteiger charge is 2.17. The van der Waals surface area contributed by atoms with E-state index in [4.69, 9.17) is 4.74 Å². The number of rotatable bonds is 5. The molecular weight excluding hydrogens is 244 g/mol. The Hall–Kier alpha value is -1.43.